The lowest BCUT2D eigenvalue weighted by Gasteiger charge is -2.36. The molecule has 0 atom stereocenters. The number of piperazine rings is 1. The van der Waals surface area contributed by atoms with Gasteiger partial charge in [0.05, 0.1) is 5.39 Å². The third-order valence-electron chi connectivity index (χ3n) is 5.50. The zero-order valence-electron chi connectivity index (χ0n) is 20.1. The fraction of sp³-hybridized carbons (Fsp3) is 0.391. The molecule has 10 nitrogen and oxygen atoms in total. The van der Waals surface area contributed by atoms with Gasteiger partial charge in [0.25, 0.3) is 5.56 Å². The summed E-state index contributed by atoms with van der Waals surface area (Å²) in [5.41, 5.74) is -2.14. The summed E-state index contributed by atoms with van der Waals surface area (Å²) < 4.78 is 62.1. The Hall–Kier alpha value is -3.94. The number of nitrogens with one attached hydrogen (secondary N) is 1. The van der Waals surface area contributed by atoms with Gasteiger partial charge in [-0.25, -0.2) is 24.2 Å². The number of hydrogen-bond acceptors (Lipinski definition) is 8. The maximum absolute atomic E-state index is 14.5. The second-order valence-corrected chi connectivity index (χ2v) is 9.32. The van der Waals surface area contributed by atoms with E-state index in [2.05, 4.69) is 15.4 Å². The number of hydrogen-bond donors (Lipinski definition) is 2. The molecule has 1 amide bonds. The summed E-state index contributed by atoms with van der Waals surface area (Å²) in [7, 11) is 0. The first kappa shape index (κ1) is 26.1. The molecule has 0 unspecified atom stereocenters. The number of halogens is 4. The van der Waals surface area contributed by atoms with Crippen molar-refractivity contribution >= 4 is 22.8 Å². The number of phenolic OH excluding ortho intramolecular Hbond substituents is 1. The highest BCUT2D eigenvalue weighted by atomic mass is 19.4. The maximum atomic E-state index is 14.5. The van der Waals surface area contributed by atoms with Crippen molar-refractivity contribution in [1.82, 2.24) is 25.0 Å². The topological polar surface area (TPSA) is 113 Å². The average Bonchev–Trinajstić information content (AvgIpc) is 2.78. The van der Waals surface area contributed by atoms with Gasteiger partial charge in [-0.3, -0.25) is 14.8 Å². The van der Waals surface area contributed by atoms with Gasteiger partial charge < -0.3 is 14.7 Å². The number of alkyl halides is 3. The van der Waals surface area contributed by atoms with Gasteiger partial charge in [-0.2, -0.15) is 13.2 Å². The maximum Gasteiger partial charge on any atom is 0.431 e. The summed E-state index contributed by atoms with van der Waals surface area (Å²) >= 11 is 0. The van der Waals surface area contributed by atoms with E-state index in [1.165, 1.54) is 0 Å². The van der Waals surface area contributed by atoms with E-state index >= 15 is 0 Å². The van der Waals surface area contributed by atoms with Gasteiger partial charge in [-0.05, 0) is 39.0 Å². The van der Waals surface area contributed by atoms with Crippen LogP contribution in [0, 0.1) is 5.82 Å². The molecular formula is C23H24F4N6O4. The number of phenols is 1. The molecule has 198 valence electrons. The van der Waals surface area contributed by atoms with E-state index in [9.17, 15) is 32.3 Å². The van der Waals surface area contributed by atoms with Crippen LogP contribution in [0.3, 0.4) is 0 Å². The van der Waals surface area contributed by atoms with Gasteiger partial charge in [0.2, 0.25) is 0 Å². The zero-order chi connectivity index (χ0) is 27.1. The molecule has 0 spiro atoms. The van der Waals surface area contributed by atoms with Gasteiger partial charge in [0.1, 0.15) is 40.4 Å². The quantitative estimate of drug-likeness (QED) is 0.503. The molecule has 0 saturated carbocycles. The minimum atomic E-state index is -5.08. The third kappa shape index (κ3) is 5.43. The first-order valence-electron chi connectivity index (χ1n) is 11.2. The molecule has 1 saturated heterocycles. The average molecular weight is 524 g/mol. The van der Waals surface area contributed by atoms with E-state index in [1.807, 2.05) is 0 Å². The molecule has 0 radical (unpaired) electrons. The number of pyridine rings is 1. The Labute approximate surface area is 208 Å². The molecule has 1 aliphatic rings. The zero-order valence-corrected chi connectivity index (χ0v) is 20.1. The molecule has 3 heterocycles. The number of ether oxygens (including phenoxy) is 1. The molecule has 1 aromatic carbocycles. The first-order valence-corrected chi connectivity index (χ1v) is 11.2. The number of aromatic nitrogens is 3. The Morgan fingerprint density at radius 1 is 1.11 bits per heavy atom. The number of fused-ring (bicyclic) bond motifs is 1. The van der Waals surface area contributed by atoms with Crippen molar-refractivity contribution in [1.29, 1.82) is 0 Å². The molecule has 1 fully saturated rings. The molecule has 4 rings (SSSR count). The second-order valence-electron chi connectivity index (χ2n) is 9.32. The molecule has 3 aromatic rings. The number of aromatic hydroxyl groups is 1. The van der Waals surface area contributed by atoms with Crippen molar-refractivity contribution in [2.45, 2.75) is 32.5 Å². The normalized spacial score (nSPS) is 15.2. The van der Waals surface area contributed by atoms with Crippen LogP contribution >= 0.6 is 0 Å². The Morgan fingerprint density at radius 2 is 1.78 bits per heavy atom. The molecular weight excluding hydrogens is 500 g/mol. The summed E-state index contributed by atoms with van der Waals surface area (Å²) in [6.07, 6.45) is -4.69. The molecule has 37 heavy (non-hydrogen) atoms. The smallest absolute Gasteiger partial charge is 0.431 e. The van der Waals surface area contributed by atoms with Crippen molar-refractivity contribution in [3.63, 3.8) is 0 Å². The van der Waals surface area contributed by atoms with Gasteiger partial charge in [0, 0.05) is 26.2 Å². The number of carbonyl (C=O) groups is 1. The highest BCUT2D eigenvalue weighted by molar-refractivity contribution is 5.89. The van der Waals surface area contributed by atoms with Crippen LogP contribution in [-0.4, -0.2) is 62.5 Å². The molecule has 2 N–H and O–H groups in total. The van der Waals surface area contributed by atoms with E-state index in [1.54, 1.807) is 30.7 Å². The number of rotatable bonds is 3. The summed E-state index contributed by atoms with van der Waals surface area (Å²) in [6, 6.07) is 3.59. The van der Waals surface area contributed by atoms with E-state index < -0.39 is 46.4 Å². The summed E-state index contributed by atoms with van der Waals surface area (Å²) in [6.45, 7) is 6.25. The van der Waals surface area contributed by atoms with E-state index in [0.29, 0.717) is 6.07 Å². The summed E-state index contributed by atoms with van der Waals surface area (Å²) in [4.78, 5) is 34.9. The number of para-hydroxylation sites is 1. The Bertz CT molecular complexity index is 1370. The van der Waals surface area contributed by atoms with Gasteiger partial charge in [-0.1, -0.05) is 6.07 Å². The van der Waals surface area contributed by atoms with E-state index in [-0.39, 0.29) is 47.5 Å². The summed E-state index contributed by atoms with van der Waals surface area (Å²) in [5, 5.41) is 11.5. The van der Waals surface area contributed by atoms with Crippen LogP contribution in [-0.2, 0) is 10.9 Å². The standard InChI is InChI=1S/C23H24F4N6O4/c1-22(2,3)37-21(36)30-32-9-7-31(8-10-32)19-13-11-16(23(25,26)27)33(20(35)17(13)28-12-29-19)18-14(24)5-4-6-15(18)34/h4-6,11-12,34H,7-10H2,1-3H3,(H,30,36). The van der Waals surface area contributed by atoms with Crippen molar-refractivity contribution < 1.29 is 32.2 Å². The minimum absolute atomic E-state index is 0.0759. The highest BCUT2D eigenvalue weighted by Crippen LogP contribution is 2.36. The number of anilines is 1. The van der Waals surface area contributed by atoms with Crippen LogP contribution in [0.5, 0.6) is 5.75 Å². The molecule has 14 heteroatoms. The van der Waals surface area contributed by atoms with Gasteiger partial charge in [-0.15, -0.1) is 0 Å². The van der Waals surface area contributed by atoms with E-state index in [4.69, 9.17) is 4.74 Å². The Morgan fingerprint density at radius 3 is 2.38 bits per heavy atom. The van der Waals surface area contributed by atoms with Crippen molar-refractivity contribution in [3.8, 4) is 11.4 Å². The van der Waals surface area contributed by atoms with Gasteiger partial charge in [0.15, 0.2) is 5.82 Å². The van der Waals surface area contributed by atoms with Crippen molar-refractivity contribution in [2.75, 3.05) is 31.1 Å². The van der Waals surface area contributed by atoms with Crippen LogP contribution in [0.1, 0.15) is 26.5 Å². The number of hydrazine groups is 1. The fourth-order valence-corrected chi connectivity index (χ4v) is 3.97. The molecule has 0 aliphatic carbocycles. The van der Waals surface area contributed by atoms with E-state index in [0.717, 1.165) is 24.5 Å². The van der Waals surface area contributed by atoms with Crippen LogP contribution in [0.15, 0.2) is 35.4 Å². The Balaban J connectivity index is 1.72. The molecule has 2 aromatic heterocycles. The van der Waals surface area contributed by atoms with Crippen LogP contribution in [0.2, 0.25) is 0 Å². The number of nitrogens with zero attached hydrogens (tertiary/aromatic N) is 5. The lowest BCUT2D eigenvalue weighted by Crippen LogP contribution is -2.54. The highest BCUT2D eigenvalue weighted by Gasteiger charge is 2.38. The van der Waals surface area contributed by atoms with Crippen LogP contribution in [0.4, 0.5) is 28.2 Å². The lowest BCUT2D eigenvalue weighted by molar-refractivity contribution is -0.142. The fourth-order valence-electron chi connectivity index (χ4n) is 3.97. The minimum Gasteiger partial charge on any atom is -0.506 e. The SMILES string of the molecule is CC(C)(C)OC(=O)NN1CCN(c2ncnc3c(=O)n(-c4c(O)cccc4F)c(C(F)(F)F)cc23)CC1. The first-order chi connectivity index (χ1) is 17.3. The van der Waals surface area contributed by atoms with Crippen LogP contribution < -0.4 is 15.9 Å². The predicted molar refractivity (Wildman–Crippen MR) is 125 cm³/mol. The lowest BCUT2D eigenvalue weighted by atomic mass is 10.1. The van der Waals surface area contributed by atoms with Crippen molar-refractivity contribution in [3.05, 3.63) is 52.5 Å². The Kier molecular flexibility index (Phi) is 6.71. The summed E-state index contributed by atoms with van der Waals surface area (Å²) in [5.74, 6) is -1.97. The van der Waals surface area contributed by atoms with Crippen LogP contribution in [0.25, 0.3) is 16.6 Å². The monoisotopic (exact) mass is 524 g/mol. The van der Waals surface area contributed by atoms with Crippen molar-refractivity contribution in [2.24, 2.45) is 0 Å². The number of carbonyl (C=O) groups excluding carboxylic acids is 1. The molecule has 1 aliphatic heterocycles. The molecule has 0 bridgehead atoms. The van der Waals surface area contributed by atoms with Gasteiger partial charge >= 0.3 is 12.3 Å². The second kappa shape index (κ2) is 9.50. The predicted octanol–water partition coefficient (Wildman–Crippen LogP) is 3.21. The number of amides is 1. The third-order valence-corrected chi connectivity index (χ3v) is 5.50. The largest absolute Gasteiger partial charge is 0.506 e. The number of benzene rings is 1.